The Labute approximate surface area is 113 Å². The fraction of sp³-hybridized carbons (Fsp3) is 0.500. The van der Waals surface area contributed by atoms with Crippen LogP contribution in [0.3, 0.4) is 0 Å². The normalized spacial score (nSPS) is 15.4. The number of nitrogens with zero attached hydrogens (tertiary/aromatic N) is 2. The molecule has 0 radical (unpaired) electrons. The summed E-state index contributed by atoms with van der Waals surface area (Å²) >= 11 is 0. The van der Waals surface area contributed by atoms with Gasteiger partial charge in [-0.05, 0) is 31.4 Å². The van der Waals surface area contributed by atoms with Gasteiger partial charge in [-0.1, -0.05) is 13.3 Å². The number of aromatic nitrogens is 1. The molecular formula is C14H18N4O. The molecule has 19 heavy (non-hydrogen) atoms. The Morgan fingerprint density at radius 2 is 2.37 bits per heavy atom. The fourth-order valence-corrected chi connectivity index (χ4v) is 1.75. The van der Waals surface area contributed by atoms with Gasteiger partial charge in [0.2, 0.25) is 0 Å². The van der Waals surface area contributed by atoms with E-state index < -0.39 is 6.04 Å². The van der Waals surface area contributed by atoms with Crippen LogP contribution in [0.4, 0.5) is 5.82 Å². The Morgan fingerprint density at radius 1 is 1.58 bits per heavy atom. The first kappa shape index (κ1) is 13.3. The summed E-state index contributed by atoms with van der Waals surface area (Å²) in [6.07, 6.45) is 5.44. The molecule has 1 aliphatic rings. The number of carbonyl (C=O) groups is 1. The molecule has 0 bridgehead atoms. The number of hydrogen-bond donors (Lipinski definition) is 2. The molecule has 100 valence electrons. The second-order valence-corrected chi connectivity index (χ2v) is 4.79. The molecule has 0 saturated heterocycles. The third-order valence-corrected chi connectivity index (χ3v) is 2.99. The van der Waals surface area contributed by atoms with Crippen LogP contribution in [0, 0.1) is 11.3 Å². The number of pyridine rings is 1. The largest absolute Gasteiger partial charge is 0.367 e. The van der Waals surface area contributed by atoms with E-state index in [9.17, 15) is 4.79 Å². The molecule has 2 rings (SSSR count). The molecule has 1 amide bonds. The van der Waals surface area contributed by atoms with Crippen LogP contribution in [0.2, 0.25) is 0 Å². The van der Waals surface area contributed by atoms with E-state index in [-0.39, 0.29) is 5.91 Å². The summed E-state index contributed by atoms with van der Waals surface area (Å²) in [6.45, 7) is 1.98. The maximum atomic E-state index is 11.9. The molecule has 1 fully saturated rings. The zero-order chi connectivity index (χ0) is 13.7. The van der Waals surface area contributed by atoms with Crippen molar-refractivity contribution in [3.05, 3.63) is 23.9 Å². The summed E-state index contributed by atoms with van der Waals surface area (Å²) in [5, 5.41) is 14.9. The lowest BCUT2D eigenvalue weighted by Crippen LogP contribution is -2.33. The van der Waals surface area contributed by atoms with Gasteiger partial charge in [0.15, 0.2) is 0 Å². The van der Waals surface area contributed by atoms with Crippen molar-refractivity contribution >= 4 is 11.7 Å². The average molecular weight is 258 g/mol. The number of rotatable bonds is 6. The third kappa shape index (κ3) is 3.95. The second-order valence-electron chi connectivity index (χ2n) is 4.79. The molecule has 1 aromatic heterocycles. The molecule has 1 aliphatic carbocycles. The van der Waals surface area contributed by atoms with E-state index in [1.54, 1.807) is 18.3 Å². The highest BCUT2D eigenvalue weighted by atomic mass is 16.1. The molecule has 5 heteroatoms. The number of amides is 1. The Bertz CT molecular complexity index is 473. The van der Waals surface area contributed by atoms with Gasteiger partial charge >= 0.3 is 0 Å². The Balaban J connectivity index is 1.92. The molecule has 1 aromatic rings. The lowest BCUT2D eigenvalue weighted by molar-refractivity contribution is 0.0943. The topological polar surface area (TPSA) is 77.8 Å². The van der Waals surface area contributed by atoms with E-state index >= 15 is 0 Å². The molecular weight excluding hydrogens is 240 g/mol. The van der Waals surface area contributed by atoms with Crippen LogP contribution in [0.25, 0.3) is 0 Å². The minimum atomic E-state index is -0.429. The smallest absolute Gasteiger partial charge is 0.253 e. The van der Waals surface area contributed by atoms with Crippen LogP contribution in [0.5, 0.6) is 0 Å². The molecule has 5 nitrogen and oxygen atoms in total. The van der Waals surface area contributed by atoms with E-state index in [4.69, 9.17) is 5.26 Å². The van der Waals surface area contributed by atoms with E-state index in [2.05, 4.69) is 21.7 Å². The highest BCUT2D eigenvalue weighted by Gasteiger charge is 2.21. The summed E-state index contributed by atoms with van der Waals surface area (Å²) in [7, 11) is 0. The molecule has 1 heterocycles. The van der Waals surface area contributed by atoms with E-state index in [0.29, 0.717) is 18.0 Å². The van der Waals surface area contributed by atoms with Gasteiger partial charge < -0.3 is 10.6 Å². The summed E-state index contributed by atoms with van der Waals surface area (Å²) in [4.78, 5) is 16.1. The average Bonchev–Trinajstić information content (AvgIpc) is 3.23. The monoisotopic (exact) mass is 258 g/mol. The van der Waals surface area contributed by atoms with Crippen LogP contribution in [-0.2, 0) is 0 Å². The van der Waals surface area contributed by atoms with Crippen LogP contribution in [-0.4, -0.2) is 23.0 Å². The zero-order valence-electron chi connectivity index (χ0n) is 11.0. The Morgan fingerprint density at radius 3 is 2.89 bits per heavy atom. The summed E-state index contributed by atoms with van der Waals surface area (Å²) < 4.78 is 0. The van der Waals surface area contributed by atoms with Crippen LogP contribution < -0.4 is 10.6 Å². The molecule has 2 N–H and O–H groups in total. The second kappa shape index (κ2) is 6.19. The van der Waals surface area contributed by atoms with Crippen LogP contribution in [0.15, 0.2) is 18.3 Å². The summed E-state index contributed by atoms with van der Waals surface area (Å²) in [5.74, 6) is 0.551. The van der Waals surface area contributed by atoms with Gasteiger partial charge in [-0.3, -0.25) is 4.79 Å². The van der Waals surface area contributed by atoms with Crippen molar-refractivity contribution in [2.75, 3.05) is 5.32 Å². The predicted octanol–water partition coefficient (Wildman–Crippen LogP) is 2.08. The fourth-order valence-electron chi connectivity index (χ4n) is 1.75. The number of hydrogen-bond acceptors (Lipinski definition) is 4. The summed E-state index contributed by atoms with van der Waals surface area (Å²) in [5.41, 5.74) is 0.484. The Kier molecular flexibility index (Phi) is 4.35. The van der Waals surface area contributed by atoms with Gasteiger partial charge in [0.1, 0.15) is 11.9 Å². The number of nitriles is 1. The number of anilines is 1. The highest BCUT2D eigenvalue weighted by molar-refractivity contribution is 5.94. The van der Waals surface area contributed by atoms with Gasteiger partial charge in [-0.25, -0.2) is 4.98 Å². The van der Waals surface area contributed by atoms with Crippen LogP contribution in [0.1, 0.15) is 43.0 Å². The van der Waals surface area contributed by atoms with E-state index in [1.807, 2.05) is 6.92 Å². The maximum absolute atomic E-state index is 11.9. The maximum Gasteiger partial charge on any atom is 0.253 e. The predicted molar refractivity (Wildman–Crippen MR) is 72.7 cm³/mol. The van der Waals surface area contributed by atoms with Crippen molar-refractivity contribution in [1.29, 1.82) is 5.26 Å². The minimum absolute atomic E-state index is 0.245. The quantitative estimate of drug-likeness (QED) is 0.819. The molecule has 0 aromatic carbocycles. The summed E-state index contributed by atoms with van der Waals surface area (Å²) in [6, 6.07) is 5.73. The van der Waals surface area contributed by atoms with Crippen molar-refractivity contribution in [2.45, 2.75) is 44.7 Å². The van der Waals surface area contributed by atoms with E-state index in [0.717, 1.165) is 12.2 Å². The first-order valence-corrected chi connectivity index (χ1v) is 6.66. The van der Waals surface area contributed by atoms with Crippen molar-refractivity contribution < 1.29 is 4.79 Å². The van der Waals surface area contributed by atoms with Gasteiger partial charge in [-0.15, -0.1) is 0 Å². The Hall–Kier alpha value is -2.09. The van der Waals surface area contributed by atoms with Crippen molar-refractivity contribution in [2.24, 2.45) is 0 Å². The van der Waals surface area contributed by atoms with Gasteiger partial charge in [0.25, 0.3) is 5.91 Å². The number of carbonyl (C=O) groups excluding carboxylic acids is 1. The third-order valence-electron chi connectivity index (χ3n) is 2.99. The highest BCUT2D eigenvalue weighted by Crippen LogP contribution is 2.23. The molecule has 1 saturated carbocycles. The van der Waals surface area contributed by atoms with Gasteiger partial charge in [-0.2, -0.15) is 5.26 Å². The molecule has 1 atom stereocenters. The minimum Gasteiger partial charge on any atom is -0.367 e. The zero-order valence-corrected chi connectivity index (χ0v) is 11.0. The molecule has 0 aliphatic heterocycles. The van der Waals surface area contributed by atoms with Gasteiger partial charge in [0.05, 0.1) is 11.6 Å². The lowest BCUT2D eigenvalue weighted by Gasteiger charge is -2.10. The SMILES string of the molecule is CCC[C@H](C#N)NC(=O)c1ccc(NC2CC2)nc1. The van der Waals surface area contributed by atoms with E-state index in [1.165, 1.54) is 12.8 Å². The first-order valence-electron chi connectivity index (χ1n) is 6.66. The standard InChI is InChI=1S/C14H18N4O/c1-2-3-12(8-15)18-14(19)10-4-7-13(16-9-10)17-11-5-6-11/h4,7,9,11-12H,2-3,5-6H2,1H3,(H,16,17)(H,18,19)/t12-/m1/s1. The molecule has 0 unspecified atom stereocenters. The number of nitrogens with one attached hydrogen (secondary N) is 2. The van der Waals surface area contributed by atoms with Crippen molar-refractivity contribution in [3.8, 4) is 6.07 Å². The lowest BCUT2D eigenvalue weighted by atomic mass is 10.1. The van der Waals surface area contributed by atoms with Gasteiger partial charge in [0, 0.05) is 12.2 Å². The van der Waals surface area contributed by atoms with Crippen LogP contribution >= 0.6 is 0 Å². The molecule has 0 spiro atoms. The van der Waals surface area contributed by atoms with Crippen molar-refractivity contribution in [1.82, 2.24) is 10.3 Å². The first-order chi connectivity index (χ1) is 9.22. The van der Waals surface area contributed by atoms with Crippen molar-refractivity contribution in [3.63, 3.8) is 0 Å².